The largest absolute Gasteiger partial charge is 0.385 e. The van der Waals surface area contributed by atoms with Crippen molar-refractivity contribution in [3.63, 3.8) is 0 Å². The minimum atomic E-state index is -0.555. The van der Waals surface area contributed by atoms with Gasteiger partial charge in [-0.3, -0.25) is 19.3 Å². The number of nitrogens with one attached hydrogen (secondary N) is 1. The number of methoxy groups -OCH3 is 1. The summed E-state index contributed by atoms with van der Waals surface area (Å²) in [5.74, 6) is -1.93. The molecule has 27 heavy (non-hydrogen) atoms. The summed E-state index contributed by atoms with van der Waals surface area (Å²) in [5, 5.41) is 2.50. The number of hydrogen-bond donors (Lipinski definition) is 1. The molecule has 6 nitrogen and oxygen atoms in total. The van der Waals surface area contributed by atoms with Crippen molar-refractivity contribution in [1.29, 1.82) is 0 Å². The Hall–Kier alpha value is -3.06. The van der Waals surface area contributed by atoms with Crippen molar-refractivity contribution in [1.82, 2.24) is 4.90 Å². The number of anilines is 1. The fraction of sp³-hybridized carbons (Fsp3) is 0.250. The number of ether oxygens (including phenoxy) is 1. The van der Waals surface area contributed by atoms with Crippen LogP contribution in [0.15, 0.2) is 36.4 Å². The van der Waals surface area contributed by atoms with Gasteiger partial charge in [0.2, 0.25) is 0 Å². The summed E-state index contributed by atoms with van der Waals surface area (Å²) < 4.78 is 18.8. The lowest BCUT2D eigenvalue weighted by molar-refractivity contribution is 0.0638. The van der Waals surface area contributed by atoms with E-state index in [4.69, 9.17) is 4.74 Å². The highest BCUT2D eigenvalue weighted by Crippen LogP contribution is 2.25. The number of benzene rings is 2. The van der Waals surface area contributed by atoms with Crippen molar-refractivity contribution in [3.05, 3.63) is 64.5 Å². The number of hydrogen-bond acceptors (Lipinski definition) is 4. The second kappa shape index (κ2) is 7.67. The highest BCUT2D eigenvalue weighted by atomic mass is 19.1. The zero-order chi connectivity index (χ0) is 19.6. The molecule has 0 aliphatic carbocycles. The van der Waals surface area contributed by atoms with Crippen molar-refractivity contribution in [2.24, 2.45) is 0 Å². The van der Waals surface area contributed by atoms with Gasteiger partial charge in [-0.05, 0) is 49.2 Å². The fourth-order valence-electron chi connectivity index (χ4n) is 2.93. The first-order chi connectivity index (χ1) is 12.9. The zero-order valence-corrected chi connectivity index (χ0v) is 15.0. The van der Waals surface area contributed by atoms with Gasteiger partial charge in [0.1, 0.15) is 5.82 Å². The minimum Gasteiger partial charge on any atom is -0.385 e. The molecule has 0 saturated heterocycles. The molecule has 0 bridgehead atoms. The zero-order valence-electron chi connectivity index (χ0n) is 15.0. The van der Waals surface area contributed by atoms with Gasteiger partial charge in [-0.15, -0.1) is 0 Å². The van der Waals surface area contributed by atoms with Gasteiger partial charge in [-0.1, -0.05) is 6.07 Å². The number of amides is 3. The van der Waals surface area contributed by atoms with Gasteiger partial charge in [0.15, 0.2) is 0 Å². The SMILES string of the molecule is COCCCN1C(=O)c2ccc(C(=O)Nc3cc(C)ccc3F)cc2C1=O. The van der Waals surface area contributed by atoms with E-state index < -0.39 is 17.6 Å². The molecule has 0 saturated carbocycles. The van der Waals surface area contributed by atoms with Crippen LogP contribution in [0.4, 0.5) is 10.1 Å². The Morgan fingerprint density at radius 3 is 2.59 bits per heavy atom. The summed E-state index contributed by atoms with van der Waals surface area (Å²) in [6, 6.07) is 8.66. The first-order valence-electron chi connectivity index (χ1n) is 8.49. The lowest BCUT2D eigenvalue weighted by Gasteiger charge is -2.12. The van der Waals surface area contributed by atoms with Crippen molar-refractivity contribution in [3.8, 4) is 0 Å². The Balaban J connectivity index is 1.81. The van der Waals surface area contributed by atoms with Gasteiger partial charge in [-0.2, -0.15) is 0 Å². The number of rotatable bonds is 6. The Labute approximate surface area is 155 Å². The molecule has 1 aliphatic heterocycles. The van der Waals surface area contributed by atoms with Crippen molar-refractivity contribution >= 4 is 23.4 Å². The van der Waals surface area contributed by atoms with Gasteiger partial charge in [0, 0.05) is 25.8 Å². The summed E-state index contributed by atoms with van der Waals surface area (Å²) >= 11 is 0. The number of carbonyl (C=O) groups excluding carboxylic acids is 3. The van der Waals surface area contributed by atoms with Crippen LogP contribution >= 0.6 is 0 Å². The fourth-order valence-corrected chi connectivity index (χ4v) is 2.93. The third-order valence-corrected chi connectivity index (χ3v) is 4.33. The molecule has 1 aliphatic rings. The van der Waals surface area contributed by atoms with E-state index in [0.29, 0.717) is 13.0 Å². The van der Waals surface area contributed by atoms with Crippen LogP contribution in [0.2, 0.25) is 0 Å². The maximum atomic E-state index is 13.8. The van der Waals surface area contributed by atoms with Gasteiger partial charge in [0.05, 0.1) is 16.8 Å². The summed E-state index contributed by atoms with van der Waals surface area (Å²) in [7, 11) is 1.55. The maximum absolute atomic E-state index is 13.8. The van der Waals surface area contributed by atoms with Crippen LogP contribution in [0, 0.1) is 12.7 Å². The van der Waals surface area contributed by atoms with E-state index in [0.717, 1.165) is 10.5 Å². The lowest BCUT2D eigenvalue weighted by atomic mass is 10.1. The highest BCUT2D eigenvalue weighted by molar-refractivity contribution is 6.22. The van der Waals surface area contributed by atoms with Crippen LogP contribution in [-0.4, -0.2) is 42.9 Å². The van der Waals surface area contributed by atoms with Gasteiger partial charge in [-0.25, -0.2) is 4.39 Å². The Kier molecular flexibility index (Phi) is 5.32. The van der Waals surface area contributed by atoms with Crippen LogP contribution < -0.4 is 5.32 Å². The van der Waals surface area contributed by atoms with E-state index in [2.05, 4.69) is 5.32 Å². The minimum absolute atomic E-state index is 0.0593. The normalized spacial score (nSPS) is 13.1. The number of nitrogens with zero attached hydrogens (tertiary/aromatic N) is 1. The standard InChI is InChI=1S/C20H19FN2O4/c1-12-4-7-16(21)17(10-12)22-18(24)13-5-6-14-15(11-13)20(26)23(19(14)25)8-3-9-27-2/h4-7,10-11H,3,8-9H2,1-2H3,(H,22,24). The first-order valence-corrected chi connectivity index (χ1v) is 8.49. The van der Waals surface area contributed by atoms with Crippen LogP contribution in [0.25, 0.3) is 0 Å². The van der Waals surface area contributed by atoms with Crippen molar-refractivity contribution in [2.45, 2.75) is 13.3 Å². The summed E-state index contributed by atoms with van der Waals surface area (Å²) in [4.78, 5) is 38.5. The molecule has 7 heteroatoms. The third-order valence-electron chi connectivity index (χ3n) is 4.33. The van der Waals surface area contributed by atoms with Crippen LogP contribution in [0.5, 0.6) is 0 Å². The van der Waals surface area contributed by atoms with E-state index >= 15 is 0 Å². The number of imide groups is 1. The lowest BCUT2D eigenvalue weighted by Crippen LogP contribution is -2.31. The van der Waals surface area contributed by atoms with Gasteiger partial charge >= 0.3 is 0 Å². The second-order valence-electron chi connectivity index (χ2n) is 6.31. The molecule has 2 aromatic rings. The molecule has 1 N–H and O–H groups in total. The number of fused-ring (bicyclic) bond motifs is 1. The second-order valence-corrected chi connectivity index (χ2v) is 6.31. The molecule has 0 radical (unpaired) electrons. The van der Waals surface area contributed by atoms with E-state index in [1.165, 1.54) is 30.3 Å². The number of aryl methyl sites for hydroxylation is 1. The van der Waals surface area contributed by atoms with E-state index in [1.807, 2.05) is 0 Å². The highest BCUT2D eigenvalue weighted by Gasteiger charge is 2.35. The summed E-state index contributed by atoms with van der Waals surface area (Å²) in [5.41, 5.74) is 1.47. The van der Waals surface area contributed by atoms with Crippen molar-refractivity contribution in [2.75, 3.05) is 25.6 Å². The molecule has 0 aromatic heterocycles. The molecule has 1 heterocycles. The molecule has 3 rings (SSSR count). The monoisotopic (exact) mass is 370 g/mol. The van der Waals surface area contributed by atoms with Crippen LogP contribution in [0.1, 0.15) is 43.1 Å². The molecule has 0 spiro atoms. The predicted molar refractivity (Wildman–Crippen MR) is 97.4 cm³/mol. The maximum Gasteiger partial charge on any atom is 0.261 e. The Bertz CT molecular complexity index is 926. The Morgan fingerprint density at radius 1 is 1.11 bits per heavy atom. The summed E-state index contributed by atoms with van der Waals surface area (Å²) in [6.07, 6.45) is 0.530. The van der Waals surface area contributed by atoms with Crippen molar-refractivity contribution < 1.29 is 23.5 Å². The van der Waals surface area contributed by atoms with E-state index in [9.17, 15) is 18.8 Å². The smallest absolute Gasteiger partial charge is 0.261 e. The van der Waals surface area contributed by atoms with E-state index in [1.54, 1.807) is 20.1 Å². The summed E-state index contributed by atoms with van der Waals surface area (Å²) in [6.45, 7) is 2.46. The molecule has 0 unspecified atom stereocenters. The predicted octanol–water partition coefficient (Wildman–Crippen LogP) is 3.02. The Morgan fingerprint density at radius 2 is 1.85 bits per heavy atom. The molecule has 0 atom stereocenters. The average Bonchev–Trinajstić information content (AvgIpc) is 2.89. The van der Waals surface area contributed by atoms with Crippen LogP contribution in [0.3, 0.4) is 0 Å². The molecule has 2 aromatic carbocycles. The average molecular weight is 370 g/mol. The van der Waals surface area contributed by atoms with E-state index in [-0.39, 0.29) is 34.8 Å². The third kappa shape index (κ3) is 3.73. The number of carbonyl (C=O) groups is 3. The number of halogens is 1. The van der Waals surface area contributed by atoms with Gasteiger partial charge in [0.25, 0.3) is 17.7 Å². The first kappa shape index (κ1) is 18.7. The molecule has 0 fully saturated rings. The molecular weight excluding hydrogens is 351 g/mol. The molecule has 3 amide bonds. The van der Waals surface area contributed by atoms with Crippen LogP contribution in [-0.2, 0) is 4.74 Å². The molecular formula is C20H19FN2O4. The van der Waals surface area contributed by atoms with Gasteiger partial charge < -0.3 is 10.1 Å². The topological polar surface area (TPSA) is 75.7 Å². The quantitative estimate of drug-likeness (QED) is 0.626. The molecule has 140 valence electrons.